The van der Waals surface area contributed by atoms with Crippen molar-refractivity contribution in [3.05, 3.63) is 48.6 Å². The van der Waals surface area contributed by atoms with E-state index in [9.17, 15) is 43.3 Å². The number of aliphatic hydroxyl groups excluding tert-OH is 5. The molecule has 1 saturated heterocycles. The molecule has 13 nitrogen and oxygen atoms in total. The highest BCUT2D eigenvalue weighted by Gasteiger charge is 2.48. The van der Waals surface area contributed by atoms with Crippen molar-refractivity contribution in [2.24, 2.45) is 0 Å². The first-order chi connectivity index (χ1) is 32.9. The molecular weight excluding hydrogens is 887 g/mol. The molecule has 398 valence electrons. The Bertz CT molecular complexity index is 1410. The molecule has 68 heavy (non-hydrogen) atoms. The summed E-state index contributed by atoms with van der Waals surface area (Å²) in [7, 11) is -5.13. The van der Waals surface area contributed by atoms with Crippen LogP contribution in [-0.4, -0.2) is 107 Å². The van der Waals surface area contributed by atoms with E-state index < -0.39 is 78.5 Å². The quantitative estimate of drug-likeness (QED) is 0.0172. The fourth-order valence-electron chi connectivity index (χ4n) is 8.37. The number of rotatable bonds is 46. The number of amides is 1. The van der Waals surface area contributed by atoms with Crippen LogP contribution in [0.1, 0.15) is 226 Å². The molecule has 1 fully saturated rings. The van der Waals surface area contributed by atoms with Gasteiger partial charge in [-0.25, -0.2) is 4.18 Å². The fourth-order valence-corrected chi connectivity index (χ4v) is 8.88. The maximum atomic E-state index is 13.2. The lowest BCUT2D eigenvalue weighted by Crippen LogP contribution is -2.61. The molecule has 1 rings (SSSR count). The average molecular weight is 986 g/mol. The number of hydrogen-bond acceptors (Lipinski definition) is 11. The molecule has 0 bridgehead atoms. The van der Waals surface area contributed by atoms with E-state index in [0.717, 1.165) is 70.6 Å². The molecule has 1 amide bonds. The van der Waals surface area contributed by atoms with Crippen molar-refractivity contribution in [2.45, 2.75) is 275 Å². The molecule has 0 saturated carbocycles. The highest BCUT2D eigenvalue weighted by atomic mass is 32.3. The van der Waals surface area contributed by atoms with Crippen molar-refractivity contribution >= 4 is 16.3 Å². The van der Waals surface area contributed by atoms with Crippen molar-refractivity contribution < 1.29 is 57.0 Å². The first-order valence-electron chi connectivity index (χ1n) is 27.1. The van der Waals surface area contributed by atoms with Gasteiger partial charge >= 0.3 is 10.4 Å². The molecule has 8 atom stereocenters. The molecule has 0 aromatic rings. The first-order valence-corrected chi connectivity index (χ1v) is 28.5. The zero-order valence-corrected chi connectivity index (χ0v) is 43.3. The summed E-state index contributed by atoms with van der Waals surface area (Å²) in [5.41, 5.74) is 0. The van der Waals surface area contributed by atoms with Crippen molar-refractivity contribution in [3.63, 3.8) is 0 Å². The highest BCUT2D eigenvalue weighted by molar-refractivity contribution is 7.80. The maximum Gasteiger partial charge on any atom is 0.397 e. The van der Waals surface area contributed by atoms with Gasteiger partial charge in [-0.05, 0) is 70.6 Å². The van der Waals surface area contributed by atoms with Crippen LogP contribution in [0.2, 0.25) is 0 Å². The summed E-state index contributed by atoms with van der Waals surface area (Å²) in [6, 6.07) is -1.15. The van der Waals surface area contributed by atoms with E-state index in [0.29, 0.717) is 12.8 Å². The second kappa shape index (κ2) is 43.8. The van der Waals surface area contributed by atoms with Gasteiger partial charge in [-0.2, -0.15) is 8.42 Å². The summed E-state index contributed by atoms with van der Waals surface area (Å²) >= 11 is 0. The number of ether oxygens (including phenoxy) is 2. The average Bonchev–Trinajstić information content (AvgIpc) is 3.31. The minimum atomic E-state index is -5.13. The number of allylic oxidation sites excluding steroid dienone is 7. The Morgan fingerprint density at radius 2 is 0.985 bits per heavy atom. The highest BCUT2D eigenvalue weighted by Crippen LogP contribution is 2.26. The molecule has 1 aliphatic heterocycles. The third-order valence-electron chi connectivity index (χ3n) is 12.7. The summed E-state index contributed by atoms with van der Waals surface area (Å²) in [6.07, 6.45) is 43.3. The van der Waals surface area contributed by atoms with Gasteiger partial charge in [0.2, 0.25) is 5.91 Å². The molecular formula is C54H99NO12S. The first kappa shape index (κ1) is 64.0. The number of nitrogens with one attached hydrogen (secondary N) is 1. The van der Waals surface area contributed by atoms with Crippen LogP contribution < -0.4 is 5.32 Å². The fraction of sp³-hybridized carbons (Fsp3) is 0.833. The molecule has 0 aromatic carbocycles. The van der Waals surface area contributed by atoms with E-state index in [2.05, 4.69) is 59.8 Å². The predicted octanol–water partition coefficient (Wildman–Crippen LogP) is 11.0. The van der Waals surface area contributed by atoms with Crippen molar-refractivity contribution in [1.82, 2.24) is 5.32 Å². The molecule has 1 aliphatic rings. The Hall–Kier alpha value is -1.98. The molecule has 14 heteroatoms. The number of carbonyl (C=O) groups excluding carboxylic acids is 1. The van der Waals surface area contributed by atoms with Crippen LogP contribution in [0.15, 0.2) is 48.6 Å². The minimum absolute atomic E-state index is 0.226. The molecule has 8 unspecified atom stereocenters. The van der Waals surface area contributed by atoms with E-state index >= 15 is 0 Å². The van der Waals surface area contributed by atoms with Gasteiger partial charge in [0.25, 0.3) is 0 Å². The summed E-state index contributed by atoms with van der Waals surface area (Å²) in [5, 5.41) is 55.4. The Morgan fingerprint density at radius 1 is 0.588 bits per heavy atom. The van der Waals surface area contributed by atoms with Crippen molar-refractivity contribution in [2.75, 3.05) is 13.2 Å². The van der Waals surface area contributed by atoms with E-state index in [-0.39, 0.29) is 6.42 Å². The Balaban J connectivity index is 2.52. The lowest BCUT2D eigenvalue weighted by molar-refractivity contribution is -0.298. The summed E-state index contributed by atoms with van der Waals surface area (Å²) in [6.45, 7) is 3.21. The SMILES string of the molecule is CCCCCCCCCC/C=C/CC/C=C/CC/C=C/C(O)C(COC1OC(CO)C(O)C(OS(=O)(=O)O)C1O)NC(=O)C(O)CCCCCCCC/C=C\CCCCCCCCCCCCC. The number of aliphatic hydroxyl groups is 5. The van der Waals surface area contributed by atoms with Gasteiger partial charge < -0.3 is 40.3 Å². The van der Waals surface area contributed by atoms with E-state index in [1.165, 1.54) is 128 Å². The van der Waals surface area contributed by atoms with Gasteiger partial charge in [-0.1, -0.05) is 204 Å². The number of hydrogen-bond donors (Lipinski definition) is 7. The molecule has 7 N–H and O–H groups in total. The Labute approximate surface area is 413 Å². The van der Waals surface area contributed by atoms with Gasteiger partial charge in [-0.15, -0.1) is 0 Å². The lowest BCUT2D eigenvalue weighted by Gasteiger charge is -2.41. The molecule has 1 heterocycles. The normalized spacial score (nSPS) is 20.6. The largest absolute Gasteiger partial charge is 0.397 e. The zero-order chi connectivity index (χ0) is 49.9. The predicted molar refractivity (Wildman–Crippen MR) is 274 cm³/mol. The van der Waals surface area contributed by atoms with Gasteiger partial charge in [0, 0.05) is 0 Å². The van der Waals surface area contributed by atoms with Crippen LogP contribution in [0.4, 0.5) is 0 Å². The van der Waals surface area contributed by atoms with Crippen LogP contribution in [0, 0.1) is 0 Å². The maximum absolute atomic E-state index is 13.2. The van der Waals surface area contributed by atoms with Gasteiger partial charge in [0.05, 0.1) is 25.4 Å². The Kier molecular flexibility index (Phi) is 41.2. The summed E-state index contributed by atoms with van der Waals surface area (Å²) in [4.78, 5) is 13.2. The second-order valence-electron chi connectivity index (χ2n) is 18.9. The van der Waals surface area contributed by atoms with E-state index in [1.807, 2.05) is 0 Å². The summed E-state index contributed by atoms with van der Waals surface area (Å²) < 4.78 is 47.6. The summed E-state index contributed by atoms with van der Waals surface area (Å²) in [5.74, 6) is -0.720. The zero-order valence-electron chi connectivity index (χ0n) is 42.5. The van der Waals surface area contributed by atoms with E-state index in [1.54, 1.807) is 6.08 Å². The number of unbranched alkanes of at least 4 members (excludes halogenated alkanes) is 27. The van der Waals surface area contributed by atoms with Crippen LogP contribution in [-0.2, 0) is 28.9 Å². The van der Waals surface area contributed by atoms with Gasteiger partial charge in [-0.3, -0.25) is 9.35 Å². The van der Waals surface area contributed by atoms with Crippen LogP contribution in [0.25, 0.3) is 0 Å². The van der Waals surface area contributed by atoms with Crippen LogP contribution >= 0.6 is 0 Å². The number of carbonyl (C=O) groups is 1. The van der Waals surface area contributed by atoms with Crippen molar-refractivity contribution in [3.8, 4) is 0 Å². The smallest absolute Gasteiger partial charge is 0.394 e. The topological polar surface area (TPSA) is 212 Å². The Morgan fingerprint density at radius 3 is 1.41 bits per heavy atom. The third kappa shape index (κ3) is 35.2. The standard InChI is InChI=1S/C54H99NO12S/c1-3-5-7-9-11-13-15-17-19-21-23-24-25-27-29-31-33-35-37-39-41-43-48(58)53(61)55-46(45-65-54-51(60)52(67-68(62,63)64)50(59)49(44-56)66-54)47(57)42-40-38-36-34-32-30-28-26-22-20-18-16-14-12-10-8-6-4-2/h22,25-27,32,34,40,42,46-52,54,56-60H,3-21,23-24,28-31,33,35-39,41,43-45H2,1-2H3,(H,55,61)(H,62,63,64)/b26-22+,27-25-,34-32+,42-40+. The monoisotopic (exact) mass is 986 g/mol. The minimum Gasteiger partial charge on any atom is -0.394 e. The van der Waals surface area contributed by atoms with Crippen LogP contribution in [0.3, 0.4) is 0 Å². The lowest BCUT2D eigenvalue weighted by atomic mass is 9.99. The molecule has 0 aromatic heterocycles. The van der Waals surface area contributed by atoms with Gasteiger partial charge in [0.15, 0.2) is 6.29 Å². The van der Waals surface area contributed by atoms with E-state index in [4.69, 9.17) is 9.47 Å². The molecule has 0 radical (unpaired) electrons. The molecule has 0 spiro atoms. The second-order valence-corrected chi connectivity index (χ2v) is 20.0. The molecule has 0 aliphatic carbocycles. The third-order valence-corrected chi connectivity index (χ3v) is 13.1. The van der Waals surface area contributed by atoms with Crippen molar-refractivity contribution in [1.29, 1.82) is 0 Å². The van der Waals surface area contributed by atoms with Crippen LogP contribution in [0.5, 0.6) is 0 Å². The van der Waals surface area contributed by atoms with Gasteiger partial charge in [0.1, 0.15) is 30.5 Å².